The highest BCUT2D eigenvalue weighted by Gasteiger charge is 2.24. The highest BCUT2D eigenvalue weighted by Crippen LogP contribution is 2.32. The van der Waals surface area contributed by atoms with E-state index in [1.165, 1.54) is 5.56 Å². The van der Waals surface area contributed by atoms with Crippen LogP contribution in [0.15, 0.2) is 42.5 Å². The van der Waals surface area contributed by atoms with Gasteiger partial charge in [-0.15, -0.1) is 0 Å². The lowest BCUT2D eigenvalue weighted by Crippen LogP contribution is -2.20. The normalized spacial score (nSPS) is 14.9. The molecule has 3 rings (SSSR count). The van der Waals surface area contributed by atoms with Gasteiger partial charge >= 0.3 is 11.9 Å². The van der Waals surface area contributed by atoms with Crippen LogP contribution < -0.4 is 14.2 Å². The Morgan fingerprint density at radius 3 is 2.52 bits per heavy atom. The number of fused-ring (bicyclic) bond motifs is 1. The van der Waals surface area contributed by atoms with Crippen LogP contribution in [0.2, 0.25) is 0 Å². The first-order chi connectivity index (χ1) is 13.0. The van der Waals surface area contributed by atoms with Crippen molar-refractivity contribution >= 4 is 11.9 Å². The molecule has 0 saturated heterocycles. The topological polar surface area (TPSA) is 61.8 Å². The number of benzene rings is 2. The van der Waals surface area contributed by atoms with Gasteiger partial charge in [-0.2, -0.15) is 0 Å². The largest absolute Gasteiger partial charge is 0.497 e. The Labute approximate surface area is 159 Å². The quantitative estimate of drug-likeness (QED) is 0.539. The van der Waals surface area contributed by atoms with Crippen molar-refractivity contribution in [3.05, 3.63) is 53.6 Å². The first-order valence-electron chi connectivity index (χ1n) is 9.19. The summed E-state index contributed by atoms with van der Waals surface area (Å²) in [5.74, 6) is 1.27. The smallest absolute Gasteiger partial charge is 0.315 e. The zero-order chi connectivity index (χ0) is 19.4. The molecular formula is C22H24O5. The van der Waals surface area contributed by atoms with Gasteiger partial charge in [0.25, 0.3) is 0 Å². The summed E-state index contributed by atoms with van der Waals surface area (Å²) in [5, 5.41) is 0. The highest BCUT2D eigenvalue weighted by molar-refractivity contribution is 5.81. The molecule has 27 heavy (non-hydrogen) atoms. The molecule has 0 radical (unpaired) electrons. The molecule has 1 aliphatic heterocycles. The van der Waals surface area contributed by atoms with Crippen LogP contribution in [0.1, 0.15) is 43.7 Å². The van der Waals surface area contributed by atoms with E-state index in [1.807, 2.05) is 31.2 Å². The molecule has 5 nitrogen and oxygen atoms in total. The van der Waals surface area contributed by atoms with E-state index in [1.54, 1.807) is 25.3 Å². The first-order valence-corrected chi connectivity index (χ1v) is 9.19. The van der Waals surface area contributed by atoms with E-state index in [0.717, 1.165) is 17.7 Å². The summed E-state index contributed by atoms with van der Waals surface area (Å²) in [4.78, 5) is 23.9. The van der Waals surface area contributed by atoms with E-state index in [9.17, 15) is 9.59 Å². The maximum atomic E-state index is 12.5. The number of esters is 2. The van der Waals surface area contributed by atoms with Crippen molar-refractivity contribution in [3.63, 3.8) is 0 Å². The molecule has 0 saturated carbocycles. The first kappa shape index (κ1) is 19.0. The Bertz CT molecular complexity index is 825. The second-order valence-electron chi connectivity index (χ2n) is 6.86. The lowest BCUT2D eigenvalue weighted by molar-refractivity contribution is -0.138. The molecule has 1 aliphatic rings. The average Bonchev–Trinajstić information content (AvgIpc) is 3.05. The molecule has 2 unspecified atom stereocenters. The van der Waals surface area contributed by atoms with Crippen LogP contribution in [-0.2, 0) is 16.0 Å². The molecule has 0 N–H and O–H groups in total. The Morgan fingerprint density at radius 1 is 1.15 bits per heavy atom. The highest BCUT2D eigenvalue weighted by atomic mass is 16.5. The van der Waals surface area contributed by atoms with Crippen molar-refractivity contribution in [1.82, 2.24) is 0 Å². The molecule has 0 aliphatic carbocycles. The monoisotopic (exact) mass is 368 g/mol. The summed E-state index contributed by atoms with van der Waals surface area (Å²) in [7, 11) is 1.64. The van der Waals surface area contributed by atoms with Gasteiger partial charge in [0.2, 0.25) is 0 Å². The Balaban J connectivity index is 1.62. The molecule has 0 bridgehead atoms. The number of carbonyl (C=O) groups is 2. The second kappa shape index (κ2) is 8.25. The number of carbonyl (C=O) groups excluding carboxylic acids is 2. The summed E-state index contributed by atoms with van der Waals surface area (Å²) in [6.45, 7) is 4.00. The predicted octanol–water partition coefficient (Wildman–Crippen LogP) is 4.28. The molecule has 1 heterocycles. The van der Waals surface area contributed by atoms with Crippen molar-refractivity contribution in [2.75, 3.05) is 7.11 Å². The average molecular weight is 368 g/mol. The zero-order valence-corrected chi connectivity index (χ0v) is 15.9. The molecule has 5 heteroatoms. The van der Waals surface area contributed by atoms with Gasteiger partial charge in [-0.25, -0.2) is 0 Å². The van der Waals surface area contributed by atoms with Gasteiger partial charge in [-0.1, -0.05) is 26.0 Å². The van der Waals surface area contributed by atoms with Crippen LogP contribution in [0, 0.1) is 5.92 Å². The molecule has 2 aromatic carbocycles. The summed E-state index contributed by atoms with van der Waals surface area (Å²) in [6, 6.07) is 13.0. The lowest BCUT2D eigenvalue weighted by Gasteiger charge is -2.19. The third kappa shape index (κ3) is 4.48. The van der Waals surface area contributed by atoms with Crippen LogP contribution in [0.25, 0.3) is 0 Å². The van der Waals surface area contributed by atoms with Gasteiger partial charge in [0.05, 0.1) is 19.4 Å². The Kier molecular flexibility index (Phi) is 5.79. The van der Waals surface area contributed by atoms with Crippen LogP contribution in [0.5, 0.6) is 17.2 Å². The van der Waals surface area contributed by atoms with Gasteiger partial charge in [-0.05, 0) is 54.7 Å². The van der Waals surface area contributed by atoms with Gasteiger partial charge in [0.1, 0.15) is 17.2 Å². The van der Waals surface area contributed by atoms with Gasteiger partial charge in [0, 0.05) is 5.56 Å². The minimum absolute atomic E-state index is 0.214. The van der Waals surface area contributed by atoms with Crippen molar-refractivity contribution in [2.45, 2.75) is 39.0 Å². The third-order valence-corrected chi connectivity index (χ3v) is 4.93. The number of rotatable bonds is 7. The van der Waals surface area contributed by atoms with Gasteiger partial charge in [0.15, 0.2) is 0 Å². The molecule has 0 aromatic heterocycles. The zero-order valence-electron chi connectivity index (χ0n) is 15.9. The fraction of sp³-hybridized carbons (Fsp3) is 0.364. The van der Waals surface area contributed by atoms with Crippen molar-refractivity contribution in [2.24, 2.45) is 5.92 Å². The second-order valence-corrected chi connectivity index (χ2v) is 6.86. The van der Waals surface area contributed by atoms with Gasteiger partial charge < -0.3 is 14.2 Å². The SMILES string of the molecule is CCC(CC(C)C(=O)Oc1ccc2c(c1)CC(=O)O2)c1ccc(OC)cc1. The molecule has 0 amide bonds. The fourth-order valence-electron chi connectivity index (χ4n) is 3.33. The Morgan fingerprint density at radius 2 is 1.85 bits per heavy atom. The fourth-order valence-corrected chi connectivity index (χ4v) is 3.33. The van der Waals surface area contributed by atoms with Crippen LogP contribution in [0.3, 0.4) is 0 Å². The minimum atomic E-state index is -0.285. The van der Waals surface area contributed by atoms with Crippen molar-refractivity contribution in [3.8, 4) is 17.2 Å². The molecule has 142 valence electrons. The summed E-state index contributed by atoms with van der Waals surface area (Å²) in [5.41, 5.74) is 1.94. The van der Waals surface area contributed by atoms with E-state index in [-0.39, 0.29) is 30.2 Å². The third-order valence-electron chi connectivity index (χ3n) is 4.93. The van der Waals surface area contributed by atoms with E-state index >= 15 is 0 Å². The van der Waals surface area contributed by atoms with Crippen LogP contribution >= 0.6 is 0 Å². The maximum absolute atomic E-state index is 12.5. The molecule has 2 atom stereocenters. The van der Waals surface area contributed by atoms with E-state index in [4.69, 9.17) is 14.2 Å². The van der Waals surface area contributed by atoms with E-state index < -0.39 is 0 Å². The predicted molar refractivity (Wildman–Crippen MR) is 101 cm³/mol. The molecule has 2 aromatic rings. The number of methoxy groups -OCH3 is 1. The lowest BCUT2D eigenvalue weighted by atomic mass is 9.87. The molecular weight excluding hydrogens is 344 g/mol. The van der Waals surface area contributed by atoms with Crippen molar-refractivity contribution in [1.29, 1.82) is 0 Å². The van der Waals surface area contributed by atoms with Gasteiger partial charge in [-0.3, -0.25) is 9.59 Å². The minimum Gasteiger partial charge on any atom is -0.497 e. The van der Waals surface area contributed by atoms with Crippen molar-refractivity contribution < 1.29 is 23.8 Å². The van der Waals surface area contributed by atoms with E-state index in [0.29, 0.717) is 17.9 Å². The Hall–Kier alpha value is -2.82. The number of hydrogen-bond acceptors (Lipinski definition) is 5. The standard InChI is InChI=1S/C22H24O5/c1-4-15(16-5-7-18(25-3)8-6-16)11-14(2)22(24)26-19-9-10-20-17(12-19)13-21(23)27-20/h5-10,12,14-15H,4,11,13H2,1-3H3. The number of ether oxygens (including phenoxy) is 3. The molecule has 0 fully saturated rings. The molecule has 0 spiro atoms. The van der Waals surface area contributed by atoms with Crippen LogP contribution in [-0.4, -0.2) is 19.0 Å². The van der Waals surface area contributed by atoms with E-state index in [2.05, 4.69) is 6.92 Å². The maximum Gasteiger partial charge on any atom is 0.315 e. The number of hydrogen-bond donors (Lipinski definition) is 0. The van der Waals surface area contributed by atoms with Crippen LogP contribution in [0.4, 0.5) is 0 Å². The summed E-state index contributed by atoms with van der Waals surface area (Å²) in [6.07, 6.45) is 1.85. The summed E-state index contributed by atoms with van der Waals surface area (Å²) < 4.78 is 15.8. The summed E-state index contributed by atoms with van der Waals surface area (Å²) >= 11 is 0.